The second kappa shape index (κ2) is 5.33. The van der Waals surface area contributed by atoms with Crippen LogP contribution in [0, 0.1) is 5.92 Å². The van der Waals surface area contributed by atoms with Gasteiger partial charge in [-0.15, -0.1) is 0 Å². The summed E-state index contributed by atoms with van der Waals surface area (Å²) in [7, 11) is 0. The number of hydrogen-bond acceptors (Lipinski definition) is 1. The lowest BCUT2D eigenvalue weighted by Crippen LogP contribution is -2.34. The summed E-state index contributed by atoms with van der Waals surface area (Å²) < 4.78 is 1.16. The maximum absolute atomic E-state index is 3.68. The first-order valence-corrected chi connectivity index (χ1v) is 6.95. The van der Waals surface area contributed by atoms with E-state index in [4.69, 9.17) is 0 Å². The van der Waals surface area contributed by atoms with E-state index in [9.17, 15) is 0 Å². The van der Waals surface area contributed by atoms with E-state index in [1.807, 2.05) is 0 Å². The van der Waals surface area contributed by atoms with Crippen LogP contribution in [-0.2, 0) is 6.42 Å². The number of hydrogen-bond donors (Lipinski definition) is 1. The first kappa shape index (κ1) is 12.1. The molecule has 1 nitrogen and oxygen atoms in total. The summed E-state index contributed by atoms with van der Waals surface area (Å²) in [4.78, 5) is 0. The van der Waals surface area contributed by atoms with Crippen molar-refractivity contribution in [2.45, 2.75) is 45.2 Å². The third-order valence-corrected chi connectivity index (χ3v) is 3.93. The molecule has 1 fully saturated rings. The first-order chi connectivity index (χ1) is 7.65. The van der Waals surface area contributed by atoms with E-state index < -0.39 is 0 Å². The predicted molar refractivity (Wildman–Crippen MR) is 72.6 cm³/mol. The minimum Gasteiger partial charge on any atom is -0.311 e. The van der Waals surface area contributed by atoms with Gasteiger partial charge in [-0.25, -0.2) is 0 Å². The van der Waals surface area contributed by atoms with Gasteiger partial charge in [0.15, 0.2) is 0 Å². The van der Waals surface area contributed by atoms with Crippen molar-refractivity contribution >= 4 is 15.9 Å². The van der Waals surface area contributed by atoms with E-state index >= 15 is 0 Å². The molecule has 2 unspecified atom stereocenters. The van der Waals surface area contributed by atoms with Gasteiger partial charge in [0.2, 0.25) is 0 Å². The highest BCUT2D eigenvalue weighted by Gasteiger charge is 2.24. The minimum atomic E-state index is 0.621. The molecule has 2 heteroatoms. The Labute approximate surface area is 107 Å². The monoisotopic (exact) mass is 281 g/mol. The van der Waals surface area contributed by atoms with Crippen LogP contribution in [0.1, 0.15) is 32.3 Å². The van der Waals surface area contributed by atoms with Gasteiger partial charge >= 0.3 is 0 Å². The maximum Gasteiger partial charge on any atom is 0.0175 e. The van der Waals surface area contributed by atoms with Gasteiger partial charge in [-0.3, -0.25) is 0 Å². The Kier molecular flexibility index (Phi) is 4.04. The first-order valence-electron chi connectivity index (χ1n) is 6.15. The summed E-state index contributed by atoms with van der Waals surface area (Å²) in [5.74, 6) is 0.696. The molecule has 1 aliphatic rings. The Bertz CT molecular complexity index is 329. The number of benzene rings is 1. The molecule has 0 radical (unpaired) electrons. The van der Waals surface area contributed by atoms with Crippen molar-refractivity contribution in [1.82, 2.24) is 5.32 Å². The van der Waals surface area contributed by atoms with Crippen LogP contribution in [0.3, 0.4) is 0 Å². The van der Waals surface area contributed by atoms with Gasteiger partial charge in [-0.1, -0.05) is 35.0 Å². The van der Waals surface area contributed by atoms with Gasteiger partial charge in [0.05, 0.1) is 0 Å². The molecule has 16 heavy (non-hydrogen) atoms. The standard InChI is InChI=1S/C14H20BrN/c1-10(11(2)16-14-7-8-14)9-12-3-5-13(15)6-4-12/h3-6,10-11,14,16H,7-9H2,1-2H3. The van der Waals surface area contributed by atoms with Gasteiger partial charge in [0, 0.05) is 16.6 Å². The molecule has 1 saturated carbocycles. The topological polar surface area (TPSA) is 12.0 Å². The summed E-state index contributed by atoms with van der Waals surface area (Å²) in [5, 5.41) is 3.68. The fourth-order valence-electron chi connectivity index (χ4n) is 1.96. The van der Waals surface area contributed by atoms with Gasteiger partial charge in [-0.2, -0.15) is 0 Å². The van der Waals surface area contributed by atoms with E-state index in [1.165, 1.54) is 18.4 Å². The minimum absolute atomic E-state index is 0.621. The van der Waals surface area contributed by atoms with Crippen molar-refractivity contribution in [1.29, 1.82) is 0 Å². The molecule has 0 amide bonds. The summed E-state index contributed by atoms with van der Waals surface area (Å²) in [6, 6.07) is 10.1. The molecule has 2 atom stereocenters. The van der Waals surface area contributed by atoms with Crippen LogP contribution in [0.5, 0.6) is 0 Å². The van der Waals surface area contributed by atoms with Gasteiger partial charge < -0.3 is 5.32 Å². The summed E-state index contributed by atoms with van der Waals surface area (Å²) in [6.07, 6.45) is 3.90. The third-order valence-electron chi connectivity index (χ3n) is 3.40. The number of rotatable bonds is 5. The molecule has 88 valence electrons. The van der Waals surface area contributed by atoms with Crippen LogP contribution < -0.4 is 5.32 Å². The number of halogens is 1. The van der Waals surface area contributed by atoms with Crippen molar-refractivity contribution < 1.29 is 0 Å². The lowest BCUT2D eigenvalue weighted by molar-refractivity contribution is 0.396. The molecule has 1 aromatic rings. The van der Waals surface area contributed by atoms with E-state index in [0.29, 0.717) is 12.0 Å². The Hall–Kier alpha value is -0.340. The van der Waals surface area contributed by atoms with Crippen LogP contribution in [-0.4, -0.2) is 12.1 Å². The normalized spacial score (nSPS) is 19.4. The Balaban J connectivity index is 1.85. The molecular formula is C14H20BrN. The van der Waals surface area contributed by atoms with Gasteiger partial charge in [0.25, 0.3) is 0 Å². The van der Waals surface area contributed by atoms with E-state index in [0.717, 1.165) is 16.9 Å². The Morgan fingerprint density at radius 1 is 1.25 bits per heavy atom. The second-order valence-electron chi connectivity index (χ2n) is 5.04. The average Bonchev–Trinajstić information content (AvgIpc) is 3.05. The fraction of sp³-hybridized carbons (Fsp3) is 0.571. The van der Waals surface area contributed by atoms with E-state index in [1.54, 1.807) is 0 Å². The molecule has 1 N–H and O–H groups in total. The van der Waals surface area contributed by atoms with Crippen molar-refractivity contribution in [2.75, 3.05) is 0 Å². The zero-order chi connectivity index (χ0) is 11.5. The quantitative estimate of drug-likeness (QED) is 0.867. The third kappa shape index (κ3) is 3.60. The number of nitrogens with one attached hydrogen (secondary N) is 1. The summed E-state index contributed by atoms with van der Waals surface area (Å²) in [6.45, 7) is 4.64. The lowest BCUT2D eigenvalue weighted by Gasteiger charge is -2.21. The molecule has 0 aromatic heterocycles. The zero-order valence-corrected chi connectivity index (χ0v) is 11.6. The molecule has 0 heterocycles. The fourth-order valence-corrected chi connectivity index (χ4v) is 2.22. The highest BCUT2D eigenvalue weighted by molar-refractivity contribution is 9.10. The van der Waals surface area contributed by atoms with Crippen LogP contribution in [0.4, 0.5) is 0 Å². The summed E-state index contributed by atoms with van der Waals surface area (Å²) in [5.41, 5.74) is 1.43. The second-order valence-corrected chi connectivity index (χ2v) is 5.95. The van der Waals surface area contributed by atoms with Gasteiger partial charge in [0.1, 0.15) is 0 Å². The van der Waals surface area contributed by atoms with E-state index in [2.05, 4.69) is 59.4 Å². The van der Waals surface area contributed by atoms with Crippen LogP contribution in [0.25, 0.3) is 0 Å². The van der Waals surface area contributed by atoms with E-state index in [-0.39, 0.29) is 0 Å². The molecule has 0 bridgehead atoms. The smallest absolute Gasteiger partial charge is 0.0175 e. The van der Waals surface area contributed by atoms with Crippen molar-refractivity contribution in [3.8, 4) is 0 Å². The average molecular weight is 282 g/mol. The highest BCUT2D eigenvalue weighted by Crippen LogP contribution is 2.22. The molecule has 2 rings (SSSR count). The Morgan fingerprint density at radius 3 is 2.44 bits per heavy atom. The van der Waals surface area contributed by atoms with Crippen LogP contribution in [0.15, 0.2) is 28.7 Å². The molecule has 1 aliphatic carbocycles. The summed E-state index contributed by atoms with van der Waals surface area (Å²) >= 11 is 3.47. The van der Waals surface area contributed by atoms with Crippen LogP contribution in [0.2, 0.25) is 0 Å². The van der Waals surface area contributed by atoms with Crippen molar-refractivity contribution in [2.24, 2.45) is 5.92 Å². The SMILES string of the molecule is CC(Cc1ccc(Br)cc1)C(C)NC1CC1. The zero-order valence-electron chi connectivity index (χ0n) is 10.0. The van der Waals surface area contributed by atoms with Crippen LogP contribution >= 0.6 is 15.9 Å². The predicted octanol–water partition coefficient (Wildman–Crippen LogP) is 3.77. The maximum atomic E-state index is 3.68. The molecule has 0 spiro atoms. The van der Waals surface area contributed by atoms with Crippen molar-refractivity contribution in [3.05, 3.63) is 34.3 Å². The van der Waals surface area contributed by atoms with Gasteiger partial charge in [-0.05, 0) is 49.8 Å². The molecular weight excluding hydrogens is 262 g/mol. The largest absolute Gasteiger partial charge is 0.311 e. The molecule has 0 aliphatic heterocycles. The van der Waals surface area contributed by atoms with Crippen molar-refractivity contribution in [3.63, 3.8) is 0 Å². The molecule has 0 saturated heterocycles. The lowest BCUT2D eigenvalue weighted by atomic mass is 9.95. The Morgan fingerprint density at radius 2 is 1.88 bits per heavy atom. The highest BCUT2D eigenvalue weighted by atomic mass is 79.9. The molecule has 1 aromatic carbocycles.